The summed E-state index contributed by atoms with van der Waals surface area (Å²) in [6, 6.07) is 9.79. The summed E-state index contributed by atoms with van der Waals surface area (Å²) in [6.45, 7) is 0.0634. The largest absolute Gasteiger partial charge is 0.489 e. The van der Waals surface area contributed by atoms with E-state index in [1.54, 1.807) is 6.07 Å². The highest BCUT2D eigenvalue weighted by atomic mass is 32.1. The third-order valence-corrected chi connectivity index (χ3v) is 2.74. The Hall–Kier alpha value is -2.01. The van der Waals surface area contributed by atoms with Gasteiger partial charge in [0.15, 0.2) is 0 Å². The molecule has 0 aromatic heterocycles. The van der Waals surface area contributed by atoms with Crippen molar-refractivity contribution in [2.75, 3.05) is 0 Å². The zero-order valence-electron chi connectivity index (χ0n) is 9.90. The molecular formula is C14H11F2NOS. The zero-order chi connectivity index (χ0) is 13.8. The van der Waals surface area contributed by atoms with Crippen LogP contribution in [0.5, 0.6) is 5.75 Å². The second-order valence-corrected chi connectivity index (χ2v) is 4.35. The number of benzene rings is 2. The van der Waals surface area contributed by atoms with Crippen molar-refractivity contribution >= 4 is 17.2 Å². The fraction of sp³-hybridized carbons (Fsp3) is 0.0714. The first-order valence-electron chi connectivity index (χ1n) is 5.53. The summed E-state index contributed by atoms with van der Waals surface area (Å²) < 4.78 is 31.6. The minimum Gasteiger partial charge on any atom is -0.489 e. The standard InChI is InChI=1S/C14H11F2NOS/c15-10-2-1-3-12(7-10)18-8-9-6-11(16)4-5-13(9)14(17)19/h1-7H,8H2,(H2,17,19). The minimum absolute atomic E-state index is 0.0634. The molecule has 0 spiro atoms. The van der Waals surface area contributed by atoms with Crippen LogP contribution in [-0.4, -0.2) is 4.99 Å². The van der Waals surface area contributed by atoms with Crippen LogP contribution in [0.15, 0.2) is 42.5 Å². The van der Waals surface area contributed by atoms with E-state index in [-0.39, 0.29) is 11.6 Å². The molecule has 98 valence electrons. The molecule has 2 rings (SSSR count). The average molecular weight is 279 g/mol. The van der Waals surface area contributed by atoms with E-state index < -0.39 is 11.6 Å². The number of hydrogen-bond acceptors (Lipinski definition) is 2. The molecule has 0 unspecified atom stereocenters. The molecule has 0 amide bonds. The lowest BCUT2D eigenvalue weighted by Gasteiger charge is -2.10. The topological polar surface area (TPSA) is 35.2 Å². The van der Waals surface area contributed by atoms with Gasteiger partial charge in [0.25, 0.3) is 0 Å². The number of nitrogens with two attached hydrogens (primary N) is 1. The first-order chi connectivity index (χ1) is 9.06. The molecule has 0 saturated carbocycles. The van der Waals surface area contributed by atoms with Crippen molar-refractivity contribution < 1.29 is 13.5 Å². The quantitative estimate of drug-likeness (QED) is 0.873. The van der Waals surface area contributed by atoms with Crippen LogP contribution in [0.3, 0.4) is 0 Å². The molecule has 0 aliphatic rings. The number of rotatable bonds is 4. The molecular weight excluding hydrogens is 268 g/mol. The van der Waals surface area contributed by atoms with Gasteiger partial charge < -0.3 is 10.5 Å². The monoisotopic (exact) mass is 279 g/mol. The van der Waals surface area contributed by atoms with Crippen molar-refractivity contribution in [3.63, 3.8) is 0 Å². The average Bonchev–Trinajstić information content (AvgIpc) is 2.36. The molecule has 0 heterocycles. The molecule has 0 atom stereocenters. The summed E-state index contributed by atoms with van der Waals surface area (Å²) in [5.41, 5.74) is 6.62. The summed E-state index contributed by atoms with van der Waals surface area (Å²) in [4.78, 5) is 0.165. The lowest BCUT2D eigenvalue weighted by molar-refractivity contribution is 0.304. The van der Waals surface area contributed by atoms with Crippen molar-refractivity contribution in [3.05, 3.63) is 65.2 Å². The maximum atomic E-state index is 13.2. The lowest BCUT2D eigenvalue weighted by Crippen LogP contribution is -2.13. The summed E-state index contributed by atoms with van der Waals surface area (Å²) in [5.74, 6) is -0.442. The Morgan fingerprint density at radius 3 is 2.53 bits per heavy atom. The number of halogens is 2. The van der Waals surface area contributed by atoms with Gasteiger partial charge in [-0.05, 0) is 30.3 Å². The Labute approximate surface area is 114 Å². The maximum Gasteiger partial charge on any atom is 0.126 e. The van der Waals surface area contributed by atoms with Gasteiger partial charge in [-0.25, -0.2) is 8.78 Å². The van der Waals surface area contributed by atoms with Gasteiger partial charge in [0.05, 0.1) is 0 Å². The van der Waals surface area contributed by atoms with Crippen molar-refractivity contribution in [2.45, 2.75) is 6.61 Å². The molecule has 0 aliphatic carbocycles. The molecule has 0 saturated heterocycles. The van der Waals surface area contributed by atoms with E-state index in [1.165, 1.54) is 36.4 Å². The van der Waals surface area contributed by atoms with Crippen LogP contribution >= 0.6 is 12.2 Å². The van der Waals surface area contributed by atoms with Gasteiger partial charge in [-0.3, -0.25) is 0 Å². The highest BCUT2D eigenvalue weighted by Gasteiger charge is 2.08. The van der Waals surface area contributed by atoms with Crippen molar-refractivity contribution in [2.24, 2.45) is 5.73 Å². The smallest absolute Gasteiger partial charge is 0.126 e. The second kappa shape index (κ2) is 5.75. The van der Waals surface area contributed by atoms with Gasteiger partial charge in [0.1, 0.15) is 29.0 Å². The lowest BCUT2D eigenvalue weighted by atomic mass is 10.1. The Bertz CT molecular complexity index is 616. The Kier molecular flexibility index (Phi) is 4.06. The van der Waals surface area contributed by atoms with Gasteiger partial charge in [0, 0.05) is 17.2 Å². The van der Waals surface area contributed by atoms with E-state index in [0.29, 0.717) is 16.9 Å². The van der Waals surface area contributed by atoms with E-state index in [4.69, 9.17) is 22.7 Å². The first-order valence-corrected chi connectivity index (χ1v) is 5.93. The van der Waals surface area contributed by atoms with Crippen LogP contribution in [0.2, 0.25) is 0 Å². The Balaban J connectivity index is 2.19. The van der Waals surface area contributed by atoms with Gasteiger partial charge in [-0.2, -0.15) is 0 Å². The normalized spacial score (nSPS) is 10.2. The van der Waals surface area contributed by atoms with Crippen LogP contribution in [0.1, 0.15) is 11.1 Å². The van der Waals surface area contributed by atoms with Crippen molar-refractivity contribution in [1.29, 1.82) is 0 Å². The summed E-state index contributed by atoms with van der Waals surface area (Å²) >= 11 is 4.88. The molecule has 2 aromatic rings. The van der Waals surface area contributed by atoms with Crippen LogP contribution in [0, 0.1) is 11.6 Å². The molecule has 0 radical (unpaired) electrons. The number of ether oxygens (including phenoxy) is 1. The fourth-order valence-electron chi connectivity index (χ4n) is 1.64. The van der Waals surface area contributed by atoms with Gasteiger partial charge in [-0.15, -0.1) is 0 Å². The van der Waals surface area contributed by atoms with E-state index in [9.17, 15) is 8.78 Å². The SMILES string of the molecule is NC(=S)c1ccc(F)cc1COc1cccc(F)c1. The van der Waals surface area contributed by atoms with E-state index in [0.717, 1.165) is 0 Å². The highest BCUT2D eigenvalue weighted by Crippen LogP contribution is 2.17. The minimum atomic E-state index is -0.405. The molecule has 19 heavy (non-hydrogen) atoms. The van der Waals surface area contributed by atoms with Gasteiger partial charge in [0.2, 0.25) is 0 Å². The molecule has 0 bridgehead atoms. The Morgan fingerprint density at radius 2 is 1.84 bits per heavy atom. The molecule has 0 fully saturated rings. The van der Waals surface area contributed by atoms with Crippen LogP contribution < -0.4 is 10.5 Å². The molecule has 5 heteroatoms. The van der Waals surface area contributed by atoms with Crippen LogP contribution in [0.4, 0.5) is 8.78 Å². The van der Waals surface area contributed by atoms with Gasteiger partial charge >= 0.3 is 0 Å². The highest BCUT2D eigenvalue weighted by molar-refractivity contribution is 7.80. The maximum absolute atomic E-state index is 13.2. The predicted molar refractivity (Wildman–Crippen MR) is 73.0 cm³/mol. The van der Waals surface area contributed by atoms with E-state index in [2.05, 4.69) is 0 Å². The molecule has 0 aliphatic heterocycles. The predicted octanol–water partition coefficient (Wildman–Crippen LogP) is 3.18. The zero-order valence-corrected chi connectivity index (χ0v) is 10.7. The summed E-state index contributed by atoms with van der Waals surface area (Å²) in [6.07, 6.45) is 0. The van der Waals surface area contributed by atoms with Crippen LogP contribution in [-0.2, 0) is 6.61 Å². The summed E-state index contributed by atoms with van der Waals surface area (Å²) in [7, 11) is 0. The van der Waals surface area contributed by atoms with Gasteiger partial charge in [-0.1, -0.05) is 18.3 Å². The summed E-state index contributed by atoms with van der Waals surface area (Å²) in [5, 5.41) is 0. The van der Waals surface area contributed by atoms with Crippen molar-refractivity contribution in [1.82, 2.24) is 0 Å². The molecule has 2 N–H and O–H groups in total. The third-order valence-electron chi connectivity index (χ3n) is 2.52. The third kappa shape index (κ3) is 3.48. The van der Waals surface area contributed by atoms with E-state index >= 15 is 0 Å². The Morgan fingerprint density at radius 1 is 1.11 bits per heavy atom. The first kappa shape index (κ1) is 13.4. The van der Waals surface area contributed by atoms with Crippen molar-refractivity contribution in [3.8, 4) is 5.75 Å². The second-order valence-electron chi connectivity index (χ2n) is 3.91. The molecule has 2 aromatic carbocycles. The van der Waals surface area contributed by atoms with Crippen LogP contribution in [0.25, 0.3) is 0 Å². The fourth-order valence-corrected chi connectivity index (χ4v) is 1.84. The number of hydrogen-bond donors (Lipinski definition) is 1. The van der Waals surface area contributed by atoms with E-state index in [1.807, 2.05) is 0 Å². The number of thiocarbonyl (C=S) groups is 1. The molecule has 2 nitrogen and oxygen atoms in total.